The third-order valence-corrected chi connectivity index (χ3v) is 5.10. The average Bonchev–Trinajstić information content (AvgIpc) is 2.61. The van der Waals surface area contributed by atoms with Gasteiger partial charge in [0.25, 0.3) is 0 Å². The smallest absolute Gasteiger partial charge is 0.410 e. The number of carbonyl (C=O) groups is 2. The van der Waals surface area contributed by atoms with Crippen LogP contribution in [0.25, 0.3) is 0 Å². The number of piperidine rings is 1. The van der Waals surface area contributed by atoms with E-state index in [0.29, 0.717) is 24.4 Å². The number of hydrogen-bond acceptors (Lipinski definition) is 5. The minimum Gasteiger partial charge on any atom is -0.444 e. The predicted octanol–water partition coefficient (Wildman–Crippen LogP) is 3.31. The molecule has 1 saturated heterocycles. The van der Waals surface area contributed by atoms with Gasteiger partial charge < -0.3 is 15.0 Å². The minimum absolute atomic E-state index is 0.0179. The summed E-state index contributed by atoms with van der Waals surface area (Å²) in [6.07, 6.45) is 1.20. The molecule has 0 atom stereocenters. The molecular weight excluding hydrogens is 362 g/mol. The van der Waals surface area contributed by atoms with Crippen molar-refractivity contribution in [1.29, 1.82) is 5.26 Å². The van der Waals surface area contributed by atoms with Crippen LogP contribution in [0.2, 0.25) is 0 Å². The molecule has 0 saturated carbocycles. The second kappa shape index (κ2) is 9.65. The van der Waals surface area contributed by atoms with E-state index >= 15 is 0 Å². The summed E-state index contributed by atoms with van der Waals surface area (Å²) in [5.41, 5.74) is 1.24. The van der Waals surface area contributed by atoms with Crippen molar-refractivity contribution >= 4 is 23.8 Å². The van der Waals surface area contributed by atoms with Crippen LogP contribution in [0, 0.1) is 11.3 Å². The number of carbonyl (C=O) groups excluding carboxylic acids is 2. The first-order valence-corrected chi connectivity index (χ1v) is 10.3. The van der Waals surface area contributed by atoms with Crippen molar-refractivity contribution in [1.82, 2.24) is 10.2 Å². The SMILES string of the molecule is CC(C)(C)OC(=O)N1CCC(NC(=O)CSCc2ccc(C#N)cc2)CC1. The highest BCUT2D eigenvalue weighted by Gasteiger charge is 2.27. The van der Waals surface area contributed by atoms with Gasteiger partial charge in [0.1, 0.15) is 5.60 Å². The Morgan fingerprint density at radius 2 is 1.89 bits per heavy atom. The van der Waals surface area contributed by atoms with E-state index < -0.39 is 5.60 Å². The summed E-state index contributed by atoms with van der Waals surface area (Å²) in [5.74, 6) is 1.15. The third-order valence-electron chi connectivity index (χ3n) is 4.10. The summed E-state index contributed by atoms with van der Waals surface area (Å²) in [6, 6.07) is 9.59. The van der Waals surface area contributed by atoms with E-state index in [0.717, 1.165) is 24.2 Å². The molecule has 2 rings (SSSR count). The molecule has 1 aromatic rings. The first kappa shape index (κ1) is 21.1. The Morgan fingerprint density at radius 3 is 2.44 bits per heavy atom. The zero-order valence-electron chi connectivity index (χ0n) is 16.2. The van der Waals surface area contributed by atoms with Crippen molar-refractivity contribution in [2.45, 2.75) is 51.0 Å². The standard InChI is InChI=1S/C20H27N3O3S/c1-20(2,3)26-19(25)23-10-8-17(9-11-23)22-18(24)14-27-13-16-6-4-15(12-21)5-7-16/h4-7,17H,8-11,13-14H2,1-3H3,(H,22,24). The third kappa shape index (κ3) is 7.51. The van der Waals surface area contributed by atoms with Crippen LogP contribution in [0.5, 0.6) is 0 Å². The summed E-state index contributed by atoms with van der Waals surface area (Å²) in [7, 11) is 0. The molecule has 1 heterocycles. The second-order valence-electron chi connectivity index (χ2n) is 7.61. The number of hydrogen-bond donors (Lipinski definition) is 1. The summed E-state index contributed by atoms with van der Waals surface area (Å²) in [6.45, 7) is 6.75. The van der Waals surface area contributed by atoms with Gasteiger partial charge in [0.2, 0.25) is 5.91 Å². The lowest BCUT2D eigenvalue weighted by Crippen LogP contribution is -2.48. The highest BCUT2D eigenvalue weighted by atomic mass is 32.2. The van der Waals surface area contributed by atoms with Crippen molar-refractivity contribution < 1.29 is 14.3 Å². The van der Waals surface area contributed by atoms with Crippen LogP contribution in [0.4, 0.5) is 4.79 Å². The minimum atomic E-state index is -0.492. The van der Waals surface area contributed by atoms with Gasteiger partial charge in [-0.25, -0.2) is 4.79 Å². The number of likely N-dealkylation sites (tertiary alicyclic amines) is 1. The first-order valence-electron chi connectivity index (χ1n) is 9.11. The monoisotopic (exact) mass is 389 g/mol. The van der Waals surface area contributed by atoms with Gasteiger partial charge in [0, 0.05) is 24.9 Å². The number of benzene rings is 1. The summed E-state index contributed by atoms with van der Waals surface area (Å²) >= 11 is 1.55. The number of amides is 2. The molecule has 1 fully saturated rings. The van der Waals surface area contributed by atoms with E-state index in [4.69, 9.17) is 10.00 Å². The summed E-state index contributed by atoms with van der Waals surface area (Å²) in [5, 5.41) is 11.8. The lowest BCUT2D eigenvalue weighted by Gasteiger charge is -2.33. The maximum absolute atomic E-state index is 12.1. The second-order valence-corrected chi connectivity index (χ2v) is 8.60. The van der Waals surface area contributed by atoms with E-state index in [1.807, 2.05) is 32.9 Å². The van der Waals surface area contributed by atoms with E-state index in [1.165, 1.54) is 0 Å². The molecule has 1 N–H and O–H groups in total. The predicted molar refractivity (Wildman–Crippen MR) is 106 cm³/mol. The van der Waals surface area contributed by atoms with Gasteiger partial charge in [-0.05, 0) is 51.3 Å². The average molecular weight is 390 g/mol. The molecule has 6 nitrogen and oxygen atoms in total. The van der Waals surface area contributed by atoms with Crippen LogP contribution in [0.3, 0.4) is 0 Å². The van der Waals surface area contributed by atoms with Gasteiger partial charge in [-0.1, -0.05) is 12.1 Å². The maximum Gasteiger partial charge on any atom is 0.410 e. The highest BCUT2D eigenvalue weighted by molar-refractivity contribution is 7.99. The first-order chi connectivity index (χ1) is 12.8. The van der Waals surface area contributed by atoms with Crippen LogP contribution in [-0.4, -0.2) is 47.4 Å². The Labute approximate surface area is 165 Å². The number of rotatable bonds is 5. The summed E-state index contributed by atoms with van der Waals surface area (Å²) < 4.78 is 5.38. The fourth-order valence-corrected chi connectivity index (χ4v) is 3.54. The number of nitrogens with one attached hydrogen (secondary N) is 1. The quantitative estimate of drug-likeness (QED) is 0.835. The summed E-state index contributed by atoms with van der Waals surface area (Å²) in [4.78, 5) is 25.9. The number of thioether (sulfide) groups is 1. The van der Waals surface area contributed by atoms with E-state index in [1.54, 1.807) is 28.8 Å². The molecule has 0 aromatic heterocycles. The van der Waals surface area contributed by atoms with Crippen LogP contribution < -0.4 is 5.32 Å². The van der Waals surface area contributed by atoms with Gasteiger partial charge in [-0.2, -0.15) is 5.26 Å². The fourth-order valence-electron chi connectivity index (χ4n) is 2.74. The lowest BCUT2D eigenvalue weighted by molar-refractivity contribution is -0.119. The van der Waals surface area contributed by atoms with Crippen molar-refractivity contribution in [3.8, 4) is 6.07 Å². The van der Waals surface area contributed by atoms with Crippen LogP contribution in [0.1, 0.15) is 44.7 Å². The normalized spacial score (nSPS) is 15.1. The molecule has 0 aliphatic carbocycles. The molecule has 2 amide bonds. The largest absolute Gasteiger partial charge is 0.444 e. The van der Waals surface area contributed by atoms with Gasteiger partial charge in [0.05, 0.1) is 17.4 Å². The Morgan fingerprint density at radius 1 is 1.26 bits per heavy atom. The lowest BCUT2D eigenvalue weighted by atomic mass is 10.1. The molecule has 1 aliphatic heterocycles. The number of nitrogens with zero attached hydrogens (tertiary/aromatic N) is 2. The molecule has 0 bridgehead atoms. The highest BCUT2D eigenvalue weighted by Crippen LogP contribution is 2.16. The zero-order valence-corrected chi connectivity index (χ0v) is 17.0. The molecule has 146 valence electrons. The molecular formula is C20H27N3O3S. The van der Waals surface area contributed by atoms with Gasteiger partial charge in [0.15, 0.2) is 0 Å². The molecule has 0 radical (unpaired) electrons. The Hall–Kier alpha value is -2.20. The van der Waals surface area contributed by atoms with Crippen LogP contribution >= 0.6 is 11.8 Å². The van der Waals surface area contributed by atoms with Crippen LogP contribution in [-0.2, 0) is 15.3 Å². The molecule has 27 heavy (non-hydrogen) atoms. The van der Waals surface area contributed by atoms with E-state index in [-0.39, 0.29) is 18.0 Å². The van der Waals surface area contributed by atoms with E-state index in [2.05, 4.69) is 11.4 Å². The van der Waals surface area contributed by atoms with E-state index in [9.17, 15) is 9.59 Å². The van der Waals surface area contributed by atoms with Gasteiger partial charge in [-0.15, -0.1) is 11.8 Å². The van der Waals surface area contributed by atoms with Crippen molar-refractivity contribution in [3.05, 3.63) is 35.4 Å². The Bertz CT molecular complexity index is 684. The maximum atomic E-state index is 12.1. The van der Waals surface area contributed by atoms with Gasteiger partial charge >= 0.3 is 6.09 Å². The topological polar surface area (TPSA) is 82.4 Å². The van der Waals surface area contributed by atoms with Crippen molar-refractivity contribution in [3.63, 3.8) is 0 Å². The molecule has 7 heteroatoms. The molecule has 0 spiro atoms. The Kier molecular flexibility index (Phi) is 7.55. The zero-order chi connectivity index (χ0) is 19.9. The number of ether oxygens (including phenoxy) is 1. The Balaban J connectivity index is 1.65. The fraction of sp³-hybridized carbons (Fsp3) is 0.550. The molecule has 0 unspecified atom stereocenters. The van der Waals surface area contributed by atoms with Crippen molar-refractivity contribution in [2.75, 3.05) is 18.8 Å². The molecule has 1 aliphatic rings. The van der Waals surface area contributed by atoms with Gasteiger partial charge in [-0.3, -0.25) is 4.79 Å². The molecule has 1 aromatic carbocycles. The number of nitriles is 1. The van der Waals surface area contributed by atoms with Crippen molar-refractivity contribution in [2.24, 2.45) is 0 Å². The van der Waals surface area contributed by atoms with Crippen LogP contribution in [0.15, 0.2) is 24.3 Å².